The summed E-state index contributed by atoms with van der Waals surface area (Å²) in [5, 5.41) is 17.1. The Morgan fingerprint density at radius 2 is 1.88 bits per heavy atom. The molecule has 3 aromatic rings. The van der Waals surface area contributed by atoms with E-state index in [0.29, 0.717) is 11.8 Å². The number of hydrogen-bond donors (Lipinski definition) is 0. The molecule has 2 aromatic heterocycles. The summed E-state index contributed by atoms with van der Waals surface area (Å²) in [5.41, 5.74) is 1.34. The molecular weight excluding hydrogens is 449 g/mol. The average Bonchev–Trinajstić information content (AvgIpc) is 3.50. The lowest BCUT2D eigenvalue weighted by Gasteiger charge is -2.16. The van der Waals surface area contributed by atoms with E-state index < -0.39 is 11.7 Å². The highest BCUT2D eigenvalue weighted by Gasteiger charge is 2.38. The molecule has 1 aliphatic carbocycles. The van der Waals surface area contributed by atoms with Gasteiger partial charge in [-0.15, -0.1) is 10.2 Å². The summed E-state index contributed by atoms with van der Waals surface area (Å²) in [6.07, 6.45) is 2.22. The van der Waals surface area contributed by atoms with Crippen molar-refractivity contribution < 1.29 is 13.2 Å². The highest BCUT2D eigenvalue weighted by molar-refractivity contribution is 7.99. The third-order valence-electron chi connectivity index (χ3n) is 6.06. The van der Waals surface area contributed by atoms with Gasteiger partial charge in [-0.3, -0.25) is 0 Å². The Morgan fingerprint density at radius 1 is 1.09 bits per heavy atom. The molecule has 2 heterocycles. The van der Waals surface area contributed by atoms with Gasteiger partial charge in [0.1, 0.15) is 0 Å². The third kappa shape index (κ3) is 6.11. The van der Waals surface area contributed by atoms with Crippen molar-refractivity contribution in [3.63, 3.8) is 0 Å². The number of rotatable bonds is 10. The first-order valence-electron chi connectivity index (χ1n) is 11.0. The van der Waals surface area contributed by atoms with Crippen LogP contribution in [0.5, 0.6) is 0 Å². The molecule has 0 bridgehead atoms. The minimum Gasteiger partial charge on any atom is -0.306 e. The largest absolute Gasteiger partial charge is 0.416 e. The summed E-state index contributed by atoms with van der Waals surface area (Å²) < 4.78 is 40.1. The molecular formula is C23H27F3N6S. The van der Waals surface area contributed by atoms with E-state index in [4.69, 9.17) is 0 Å². The van der Waals surface area contributed by atoms with E-state index in [1.54, 1.807) is 36.3 Å². The molecule has 0 spiro atoms. The zero-order valence-corrected chi connectivity index (χ0v) is 19.5. The SMILES string of the molecule is CN(CCCSc1nnc(-c2ccnnc2)n1C)CCC1C[C@H]1c1ccc(C(F)(F)F)cc1. The van der Waals surface area contributed by atoms with Crippen LogP contribution in [0.2, 0.25) is 0 Å². The van der Waals surface area contributed by atoms with Gasteiger partial charge >= 0.3 is 6.18 Å². The number of nitrogens with zero attached hydrogens (tertiary/aromatic N) is 6. The molecule has 0 saturated heterocycles. The molecule has 4 rings (SSSR count). The van der Waals surface area contributed by atoms with Crippen molar-refractivity contribution in [1.82, 2.24) is 29.9 Å². The summed E-state index contributed by atoms with van der Waals surface area (Å²) >= 11 is 1.69. The summed E-state index contributed by atoms with van der Waals surface area (Å²) in [5.74, 6) is 2.69. The molecule has 2 atom stereocenters. The topological polar surface area (TPSA) is 59.7 Å². The minimum absolute atomic E-state index is 0.400. The Kier molecular flexibility index (Phi) is 7.33. The Bertz CT molecular complexity index is 1040. The van der Waals surface area contributed by atoms with Gasteiger partial charge in [0.05, 0.1) is 18.0 Å². The Labute approximate surface area is 195 Å². The van der Waals surface area contributed by atoms with E-state index >= 15 is 0 Å². The Morgan fingerprint density at radius 3 is 2.58 bits per heavy atom. The van der Waals surface area contributed by atoms with Crippen molar-refractivity contribution in [2.45, 2.75) is 36.5 Å². The lowest BCUT2D eigenvalue weighted by Crippen LogP contribution is -2.21. The normalized spacial score (nSPS) is 18.1. The molecule has 10 heteroatoms. The molecule has 1 aliphatic rings. The van der Waals surface area contributed by atoms with Crippen molar-refractivity contribution >= 4 is 11.8 Å². The summed E-state index contributed by atoms with van der Waals surface area (Å²) in [4.78, 5) is 2.33. The average molecular weight is 477 g/mol. The van der Waals surface area contributed by atoms with E-state index in [1.165, 1.54) is 12.1 Å². The minimum atomic E-state index is -4.27. The highest BCUT2D eigenvalue weighted by Crippen LogP contribution is 2.49. The fourth-order valence-electron chi connectivity index (χ4n) is 4.01. The van der Waals surface area contributed by atoms with Crippen LogP contribution in [-0.2, 0) is 13.2 Å². The zero-order valence-electron chi connectivity index (χ0n) is 18.7. The molecule has 1 fully saturated rings. The first-order valence-corrected chi connectivity index (χ1v) is 12.0. The van der Waals surface area contributed by atoms with E-state index in [1.807, 2.05) is 17.7 Å². The molecule has 0 N–H and O–H groups in total. The van der Waals surface area contributed by atoms with Gasteiger partial charge in [0.25, 0.3) is 0 Å². The number of benzene rings is 1. The summed E-state index contributed by atoms with van der Waals surface area (Å²) in [7, 11) is 4.07. The van der Waals surface area contributed by atoms with Gasteiger partial charge in [0.2, 0.25) is 0 Å². The predicted octanol–water partition coefficient (Wildman–Crippen LogP) is 4.90. The Hall–Kier alpha value is -2.46. The van der Waals surface area contributed by atoms with Crippen LogP contribution in [0.4, 0.5) is 13.2 Å². The second-order valence-electron chi connectivity index (χ2n) is 8.51. The van der Waals surface area contributed by atoms with Gasteiger partial charge in [-0.05, 0) is 75.0 Å². The van der Waals surface area contributed by atoms with Crippen molar-refractivity contribution in [2.24, 2.45) is 13.0 Å². The van der Waals surface area contributed by atoms with E-state index in [0.717, 1.165) is 60.2 Å². The van der Waals surface area contributed by atoms with E-state index in [9.17, 15) is 13.2 Å². The van der Waals surface area contributed by atoms with Crippen molar-refractivity contribution in [2.75, 3.05) is 25.9 Å². The zero-order chi connectivity index (χ0) is 23.4. The van der Waals surface area contributed by atoms with E-state index in [2.05, 4.69) is 32.3 Å². The maximum absolute atomic E-state index is 12.7. The maximum atomic E-state index is 12.7. The Balaban J connectivity index is 1.14. The molecule has 1 aromatic carbocycles. The molecule has 0 radical (unpaired) electrons. The summed E-state index contributed by atoms with van der Waals surface area (Å²) in [6.45, 7) is 1.99. The number of aromatic nitrogens is 5. The maximum Gasteiger partial charge on any atom is 0.416 e. The molecule has 33 heavy (non-hydrogen) atoms. The fourth-order valence-corrected chi connectivity index (χ4v) is 4.84. The van der Waals surface area contributed by atoms with Crippen LogP contribution in [0.3, 0.4) is 0 Å². The smallest absolute Gasteiger partial charge is 0.306 e. The van der Waals surface area contributed by atoms with Gasteiger partial charge < -0.3 is 9.47 Å². The molecule has 0 aliphatic heterocycles. The number of hydrogen-bond acceptors (Lipinski definition) is 6. The van der Waals surface area contributed by atoms with Crippen LogP contribution < -0.4 is 0 Å². The van der Waals surface area contributed by atoms with Crippen molar-refractivity contribution in [3.8, 4) is 11.4 Å². The molecule has 1 saturated carbocycles. The van der Waals surface area contributed by atoms with Crippen LogP contribution in [0.15, 0.2) is 47.9 Å². The fraction of sp³-hybridized carbons (Fsp3) is 0.478. The second-order valence-corrected chi connectivity index (χ2v) is 9.57. The molecule has 1 unspecified atom stereocenters. The van der Waals surface area contributed by atoms with Gasteiger partial charge in [-0.2, -0.15) is 23.4 Å². The van der Waals surface area contributed by atoms with Crippen LogP contribution in [-0.4, -0.2) is 55.8 Å². The molecule has 6 nitrogen and oxygen atoms in total. The monoisotopic (exact) mass is 476 g/mol. The van der Waals surface area contributed by atoms with Crippen LogP contribution >= 0.6 is 11.8 Å². The molecule has 176 valence electrons. The van der Waals surface area contributed by atoms with E-state index in [-0.39, 0.29) is 0 Å². The third-order valence-corrected chi connectivity index (χ3v) is 7.17. The first-order chi connectivity index (χ1) is 15.8. The van der Waals surface area contributed by atoms with Crippen LogP contribution in [0.25, 0.3) is 11.4 Å². The second kappa shape index (κ2) is 10.2. The lowest BCUT2D eigenvalue weighted by atomic mass is 10.1. The molecule has 0 amide bonds. The number of alkyl halides is 3. The van der Waals surface area contributed by atoms with Gasteiger partial charge in [-0.1, -0.05) is 23.9 Å². The van der Waals surface area contributed by atoms with Crippen molar-refractivity contribution in [1.29, 1.82) is 0 Å². The summed E-state index contributed by atoms with van der Waals surface area (Å²) in [6, 6.07) is 7.53. The number of halogens is 3. The van der Waals surface area contributed by atoms with Crippen LogP contribution in [0.1, 0.15) is 36.3 Å². The van der Waals surface area contributed by atoms with Crippen LogP contribution in [0, 0.1) is 5.92 Å². The predicted molar refractivity (Wildman–Crippen MR) is 122 cm³/mol. The highest BCUT2D eigenvalue weighted by atomic mass is 32.2. The lowest BCUT2D eigenvalue weighted by molar-refractivity contribution is -0.137. The van der Waals surface area contributed by atoms with Gasteiger partial charge in [-0.25, -0.2) is 0 Å². The number of thioether (sulfide) groups is 1. The van der Waals surface area contributed by atoms with Gasteiger partial charge in [0, 0.05) is 18.4 Å². The first kappa shape index (κ1) is 23.7. The standard InChI is InChI=1S/C23H27F3N6S/c1-31(12-9-17-14-20(17)16-4-6-19(7-5-16)23(24,25)26)11-3-13-33-22-30-29-21(32(22)2)18-8-10-27-28-15-18/h4-8,10,15,17,20H,3,9,11-14H2,1-2H3/t17?,20-/m0/s1. The van der Waals surface area contributed by atoms with Gasteiger partial charge in [0.15, 0.2) is 11.0 Å². The van der Waals surface area contributed by atoms with Crippen molar-refractivity contribution in [3.05, 3.63) is 53.9 Å². The quantitative estimate of drug-likeness (QED) is 0.307.